The monoisotopic (exact) mass is 252 g/mol. The zero-order valence-corrected chi connectivity index (χ0v) is 9.78. The van der Waals surface area contributed by atoms with Gasteiger partial charge in [-0.3, -0.25) is 0 Å². The molecule has 0 aliphatic heterocycles. The fourth-order valence-electron chi connectivity index (χ4n) is 0.825. The minimum absolute atomic E-state index is 0.313. The number of rotatable bonds is 0. The van der Waals surface area contributed by atoms with Crippen molar-refractivity contribution in [2.24, 2.45) is 0 Å². The lowest BCUT2D eigenvalue weighted by atomic mass is 10.5. The van der Waals surface area contributed by atoms with Crippen LogP contribution in [0.2, 0.25) is 0 Å². The number of aromatic nitrogens is 2. The second kappa shape index (κ2) is 6.04. The Morgan fingerprint density at radius 1 is 0.750 bits per heavy atom. The maximum atomic E-state index is 10.4. The zero-order valence-electron chi connectivity index (χ0n) is 8.15. The smallest absolute Gasteiger partial charge is 0.101 e. The fraction of sp³-hybridized carbons (Fsp3) is 0. The first-order valence-corrected chi connectivity index (χ1v) is 5.13. The summed E-state index contributed by atoms with van der Waals surface area (Å²) in [6, 6.07) is 9.92. The van der Waals surface area contributed by atoms with Gasteiger partial charge in [0.1, 0.15) is 9.28 Å². The molecule has 16 heavy (non-hydrogen) atoms. The van der Waals surface area contributed by atoms with E-state index in [2.05, 4.69) is 24.4 Å². The van der Waals surface area contributed by atoms with Gasteiger partial charge in [-0.05, 0) is 36.7 Å². The summed E-state index contributed by atoms with van der Waals surface area (Å²) in [6.07, 6.45) is 2.75. The molecular weight excluding hydrogens is 244 g/mol. The molecule has 0 aliphatic rings. The topological polar surface area (TPSA) is 56.0 Å². The molecule has 0 saturated carbocycles. The van der Waals surface area contributed by atoms with Crippen LogP contribution in [0.4, 0.5) is 0 Å². The third kappa shape index (κ3) is 3.84. The molecule has 2 aromatic heterocycles. The lowest BCUT2D eigenvalue weighted by molar-refractivity contribution is 1.04. The summed E-state index contributed by atoms with van der Waals surface area (Å²) in [7, 11) is 0. The fourth-order valence-corrected chi connectivity index (χ4v) is 1.10. The predicted octanol–water partition coefficient (Wildman–Crippen LogP) is 3.13. The first kappa shape index (κ1) is 12.4. The first-order valence-electron chi connectivity index (χ1n) is 4.31. The number of nitrogens with zero attached hydrogens (tertiary/aromatic N) is 2. The summed E-state index contributed by atoms with van der Waals surface area (Å²) < 4.78 is 1.92. The van der Waals surface area contributed by atoms with Crippen LogP contribution in [-0.4, -0.2) is 9.46 Å². The van der Waals surface area contributed by atoms with Gasteiger partial charge in [-0.15, -0.1) is 0 Å². The van der Waals surface area contributed by atoms with Crippen molar-refractivity contribution in [3.8, 4) is 0 Å². The van der Waals surface area contributed by atoms with Gasteiger partial charge in [-0.2, -0.15) is 0 Å². The Kier molecular flexibility index (Phi) is 4.68. The SMILES string of the molecule is [O-]n1ccccc1=S.[O-]n1ccccc1=S. The van der Waals surface area contributed by atoms with E-state index in [1.54, 1.807) is 36.4 Å². The normalized spacial score (nSPS) is 9.00. The van der Waals surface area contributed by atoms with Gasteiger partial charge in [-0.1, -0.05) is 36.6 Å². The number of hydrogen-bond acceptors (Lipinski definition) is 4. The van der Waals surface area contributed by atoms with Gasteiger partial charge in [0.25, 0.3) is 0 Å². The average Bonchev–Trinajstić information content (AvgIpc) is 2.28. The second-order valence-corrected chi connectivity index (χ2v) is 3.57. The molecule has 84 valence electrons. The quantitative estimate of drug-likeness (QED) is 0.676. The molecule has 0 saturated heterocycles. The van der Waals surface area contributed by atoms with Crippen LogP contribution < -0.4 is 0 Å². The predicted molar refractivity (Wildman–Crippen MR) is 68.1 cm³/mol. The molecule has 4 nitrogen and oxygen atoms in total. The maximum Gasteiger partial charge on any atom is 0.101 e. The summed E-state index contributed by atoms with van der Waals surface area (Å²) in [5.74, 6) is 0. The van der Waals surface area contributed by atoms with E-state index in [9.17, 15) is 10.4 Å². The lowest BCUT2D eigenvalue weighted by Crippen LogP contribution is -1.84. The summed E-state index contributed by atoms with van der Waals surface area (Å²) in [4.78, 5) is 0. The highest BCUT2D eigenvalue weighted by Crippen LogP contribution is 1.88. The molecule has 6 heteroatoms. The third-order valence-corrected chi connectivity index (χ3v) is 2.21. The Balaban J connectivity index is 0.000000160. The van der Waals surface area contributed by atoms with Gasteiger partial charge in [0.15, 0.2) is 0 Å². The van der Waals surface area contributed by atoms with Gasteiger partial charge in [-0.25, -0.2) is 0 Å². The highest BCUT2D eigenvalue weighted by molar-refractivity contribution is 7.71. The number of hydrogen-bond donors (Lipinski definition) is 0. The zero-order chi connectivity index (χ0) is 12.0. The summed E-state index contributed by atoms with van der Waals surface area (Å²) >= 11 is 9.21. The summed E-state index contributed by atoms with van der Waals surface area (Å²) in [5.41, 5.74) is 0. The van der Waals surface area contributed by atoms with E-state index in [0.29, 0.717) is 18.7 Å². The van der Waals surface area contributed by atoms with Crippen LogP contribution in [0.1, 0.15) is 0 Å². The Labute approximate surface area is 103 Å². The van der Waals surface area contributed by atoms with E-state index in [4.69, 9.17) is 0 Å². The van der Waals surface area contributed by atoms with Crippen LogP contribution in [0.25, 0.3) is 0 Å². The minimum atomic E-state index is 0.313. The Bertz CT molecular complexity index is 511. The van der Waals surface area contributed by atoms with Gasteiger partial charge in [0, 0.05) is 0 Å². The Morgan fingerprint density at radius 3 is 1.31 bits per heavy atom. The molecule has 0 unspecified atom stereocenters. The van der Waals surface area contributed by atoms with E-state index in [1.165, 1.54) is 12.4 Å². The molecule has 2 heterocycles. The summed E-state index contributed by atoms with van der Waals surface area (Å²) in [6.45, 7) is 0. The van der Waals surface area contributed by atoms with Crippen molar-refractivity contribution < 1.29 is 0 Å². The van der Waals surface area contributed by atoms with E-state index in [1.807, 2.05) is 0 Å². The molecule has 0 radical (unpaired) electrons. The molecule has 0 aliphatic carbocycles. The van der Waals surface area contributed by atoms with Gasteiger partial charge in [0.2, 0.25) is 0 Å². The standard InChI is InChI=1S/2C5H4NOS/c2*7-6-4-2-1-3-5(6)8/h2*1-4H/q2*-1. The first-order chi connectivity index (χ1) is 7.61. The third-order valence-electron chi connectivity index (χ3n) is 1.58. The second-order valence-electron chi connectivity index (χ2n) is 2.73. The van der Waals surface area contributed by atoms with Crippen molar-refractivity contribution in [1.82, 2.24) is 9.46 Å². The van der Waals surface area contributed by atoms with Gasteiger partial charge < -0.3 is 19.9 Å². The van der Waals surface area contributed by atoms with Crippen molar-refractivity contribution in [2.45, 2.75) is 0 Å². The molecule has 0 amide bonds. The van der Waals surface area contributed by atoms with Crippen LogP contribution in [0.15, 0.2) is 48.8 Å². The van der Waals surface area contributed by atoms with E-state index in [-0.39, 0.29) is 0 Å². The molecule has 0 atom stereocenters. The molecule has 0 aromatic carbocycles. The van der Waals surface area contributed by atoms with Crippen molar-refractivity contribution >= 4 is 24.4 Å². The van der Waals surface area contributed by atoms with E-state index < -0.39 is 0 Å². The molecule has 0 bridgehead atoms. The van der Waals surface area contributed by atoms with Crippen molar-refractivity contribution in [1.29, 1.82) is 0 Å². The van der Waals surface area contributed by atoms with Crippen LogP contribution >= 0.6 is 24.4 Å². The van der Waals surface area contributed by atoms with Crippen molar-refractivity contribution in [2.75, 3.05) is 0 Å². The minimum Gasteiger partial charge on any atom is -0.805 e. The van der Waals surface area contributed by atoms with E-state index >= 15 is 0 Å². The highest BCUT2D eigenvalue weighted by Gasteiger charge is 1.71. The average molecular weight is 252 g/mol. The Hall–Kier alpha value is -1.66. The molecule has 0 N–H and O–H groups in total. The van der Waals surface area contributed by atoms with Gasteiger partial charge >= 0.3 is 0 Å². The summed E-state index contributed by atoms with van der Waals surface area (Å²) in [5, 5.41) is 20.9. The molecular formula is C10H8N2O2S2-2. The molecule has 0 spiro atoms. The molecule has 0 fully saturated rings. The molecule has 2 aromatic rings. The highest BCUT2D eigenvalue weighted by atomic mass is 32.1. The molecule has 2 rings (SSSR count). The van der Waals surface area contributed by atoms with Crippen LogP contribution in [0.3, 0.4) is 0 Å². The lowest BCUT2D eigenvalue weighted by Gasteiger charge is -2.06. The Morgan fingerprint density at radius 2 is 1.12 bits per heavy atom. The van der Waals surface area contributed by atoms with Crippen LogP contribution in [0, 0.1) is 19.7 Å². The van der Waals surface area contributed by atoms with Crippen molar-refractivity contribution in [3.63, 3.8) is 0 Å². The van der Waals surface area contributed by atoms with Crippen LogP contribution in [-0.2, 0) is 0 Å². The number of pyridine rings is 2. The maximum absolute atomic E-state index is 10.4. The van der Waals surface area contributed by atoms with Crippen LogP contribution in [0.5, 0.6) is 0 Å². The van der Waals surface area contributed by atoms with Crippen molar-refractivity contribution in [3.05, 3.63) is 68.5 Å². The van der Waals surface area contributed by atoms with E-state index in [0.717, 1.165) is 0 Å². The van der Waals surface area contributed by atoms with Gasteiger partial charge in [0.05, 0.1) is 0 Å². The largest absolute Gasteiger partial charge is 0.805 e.